The van der Waals surface area contributed by atoms with Gasteiger partial charge in [-0.05, 0) is 19.3 Å². The summed E-state index contributed by atoms with van der Waals surface area (Å²) in [6.45, 7) is 1.27. The highest BCUT2D eigenvalue weighted by molar-refractivity contribution is 6.18. The fraction of sp³-hybridized carbons (Fsp3) is 0.583. The topological polar surface area (TPSA) is 60.4 Å². The molecule has 2 fully saturated rings. The molecule has 1 saturated carbocycles. The molecule has 3 aliphatic rings. The van der Waals surface area contributed by atoms with E-state index >= 15 is 0 Å². The standard InChI is InChI=1S/C12H12O4/c1-5(13)8-10(14)9-6-2-3-7(4-6)11(9)16-12(8)15/h2-3,6-9,11H,4H2,1H3/t6-,7-,8-,9-,11-/m0/s1. The molecule has 5 atom stereocenters. The Morgan fingerprint density at radius 1 is 1.31 bits per heavy atom. The molecular weight excluding hydrogens is 208 g/mol. The number of carbonyl (C=O) groups excluding carboxylic acids is 3. The van der Waals surface area contributed by atoms with Crippen LogP contribution in [-0.4, -0.2) is 23.6 Å². The van der Waals surface area contributed by atoms with Crippen LogP contribution in [0.25, 0.3) is 0 Å². The first-order valence-electron chi connectivity index (χ1n) is 5.52. The Morgan fingerprint density at radius 3 is 2.69 bits per heavy atom. The number of fused-ring (bicyclic) bond motifs is 5. The number of carbonyl (C=O) groups is 3. The van der Waals surface area contributed by atoms with Crippen molar-refractivity contribution in [3.8, 4) is 0 Å². The van der Waals surface area contributed by atoms with E-state index in [-0.39, 0.29) is 29.6 Å². The predicted molar refractivity (Wildman–Crippen MR) is 53.3 cm³/mol. The molecular formula is C12H12O4. The van der Waals surface area contributed by atoms with Crippen molar-refractivity contribution in [2.75, 3.05) is 0 Å². The van der Waals surface area contributed by atoms with Gasteiger partial charge in [0.2, 0.25) is 0 Å². The molecule has 16 heavy (non-hydrogen) atoms. The van der Waals surface area contributed by atoms with E-state index in [1.165, 1.54) is 6.92 Å². The Morgan fingerprint density at radius 2 is 2.00 bits per heavy atom. The average Bonchev–Trinajstić information content (AvgIpc) is 2.76. The largest absolute Gasteiger partial charge is 0.460 e. The van der Waals surface area contributed by atoms with Crippen LogP contribution in [0.1, 0.15) is 13.3 Å². The first kappa shape index (κ1) is 9.75. The van der Waals surface area contributed by atoms with E-state index in [0.717, 1.165) is 6.42 Å². The number of ketones is 2. The zero-order valence-electron chi connectivity index (χ0n) is 8.88. The van der Waals surface area contributed by atoms with Crippen molar-refractivity contribution < 1.29 is 19.1 Å². The lowest BCUT2D eigenvalue weighted by Crippen LogP contribution is -2.49. The highest BCUT2D eigenvalue weighted by Gasteiger charge is 2.57. The Labute approximate surface area is 92.6 Å². The molecule has 2 bridgehead atoms. The second-order valence-electron chi connectivity index (χ2n) is 4.82. The Balaban J connectivity index is 1.97. The van der Waals surface area contributed by atoms with E-state index in [4.69, 9.17) is 4.74 Å². The molecule has 3 rings (SSSR count). The van der Waals surface area contributed by atoms with Gasteiger partial charge >= 0.3 is 5.97 Å². The smallest absolute Gasteiger partial charge is 0.324 e. The summed E-state index contributed by atoms with van der Waals surface area (Å²) in [5.41, 5.74) is 0. The van der Waals surface area contributed by atoms with E-state index in [0.29, 0.717) is 0 Å². The molecule has 84 valence electrons. The van der Waals surface area contributed by atoms with Crippen LogP contribution in [-0.2, 0) is 19.1 Å². The van der Waals surface area contributed by atoms with Crippen LogP contribution in [0.15, 0.2) is 12.2 Å². The molecule has 0 aromatic rings. The maximum absolute atomic E-state index is 12.1. The molecule has 0 aromatic heterocycles. The quantitative estimate of drug-likeness (QED) is 0.367. The van der Waals surface area contributed by atoms with E-state index in [9.17, 15) is 14.4 Å². The first-order valence-corrected chi connectivity index (χ1v) is 5.52. The van der Waals surface area contributed by atoms with Crippen LogP contribution in [0.5, 0.6) is 0 Å². The molecule has 1 aliphatic heterocycles. The van der Waals surface area contributed by atoms with Gasteiger partial charge in [-0.1, -0.05) is 12.2 Å². The van der Waals surface area contributed by atoms with Gasteiger partial charge in [0.15, 0.2) is 17.5 Å². The maximum Gasteiger partial charge on any atom is 0.324 e. The van der Waals surface area contributed by atoms with Crippen LogP contribution < -0.4 is 0 Å². The molecule has 4 heteroatoms. The molecule has 0 spiro atoms. The molecule has 4 nitrogen and oxygen atoms in total. The number of hydrogen-bond acceptors (Lipinski definition) is 4. The van der Waals surface area contributed by atoms with Crippen molar-refractivity contribution in [3.63, 3.8) is 0 Å². The third-order valence-corrected chi connectivity index (χ3v) is 3.89. The van der Waals surface area contributed by atoms with Gasteiger partial charge in [0.05, 0.1) is 5.92 Å². The minimum absolute atomic E-state index is 0.164. The fourth-order valence-corrected chi connectivity index (χ4v) is 3.19. The number of ether oxygens (including phenoxy) is 1. The van der Waals surface area contributed by atoms with Crippen LogP contribution in [0, 0.1) is 23.7 Å². The lowest BCUT2D eigenvalue weighted by atomic mass is 9.78. The molecule has 1 heterocycles. The molecule has 0 radical (unpaired) electrons. The summed E-state index contributed by atoms with van der Waals surface area (Å²) < 4.78 is 5.26. The highest BCUT2D eigenvalue weighted by Crippen LogP contribution is 2.48. The van der Waals surface area contributed by atoms with Gasteiger partial charge in [0, 0.05) is 5.92 Å². The maximum atomic E-state index is 12.1. The second-order valence-corrected chi connectivity index (χ2v) is 4.82. The third kappa shape index (κ3) is 1.07. The molecule has 2 aliphatic carbocycles. The molecule has 0 amide bonds. The summed E-state index contributed by atoms with van der Waals surface area (Å²) in [5, 5.41) is 0. The number of esters is 1. The van der Waals surface area contributed by atoms with Crippen molar-refractivity contribution in [1.82, 2.24) is 0 Å². The van der Waals surface area contributed by atoms with Gasteiger partial charge in [0.25, 0.3) is 0 Å². The zero-order valence-corrected chi connectivity index (χ0v) is 8.88. The minimum Gasteiger partial charge on any atom is -0.460 e. The number of rotatable bonds is 1. The summed E-state index contributed by atoms with van der Waals surface area (Å²) in [4.78, 5) is 34.9. The SMILES string of the molecule is CC(=O)[C@@H]1C(=O)O[C@@H]2[C@H](C1=O)[C@H]1C=C[C@H]2C1. The van der Waals surface area contributed by atoms with Gasteiger partial charge in [-0.2, -0.15) is 0 Å². The lowest BCUT2D eigenvalue weighted by molar-refractivity contribution is -0.172. The summed E-state index contributed by atoms with van der Waals surface area (Å²) >= 11 is 0. The number of Topliss-reactive ketones (excluding diaryl/α,β-unsaturated/α-hetero) is 2. The summed E-state index contributed by atoms with van der Waals surface area (Å²) in [6, 6.07) is 0. The molecule has 0 unspecified atom stereocenters. The van der Waals surface area contributed by atoms with Gasteiger partial charge in [-0.3, -0.25) is 14.4 Å². The van der Waals surface area contributed by atoms with Crippen LogP contribution >= 0.6 is 0 Å². The molecule has 0 aromatic carbocycles. The van der Waals surface area contributed by atoms with Gasteiger partial charge in [0.1, 0.15) is 6.10 Å². The van der Waals surface area contributed by atoms with Crippen molar-refractivity contribution in [1.29, 1.82) is 0 Å². The van der Waals surface area contributed by atoms with Gasteiger partial charge < -0.3 is 4.74 Å². The summed E-state index contributed by atoms with van der Waals surface area (Å²) in [7, 11) is 0. The zero-order chi connectivity index (χ0) is 11.4. The van der Waals surface area contributed by atoms with Crippen LogP contribution in [0.2, 0.25) is 0 Å². The van der Waals surface area contributed by atoms with Crippen molar-refractivity contribution in [2.24, 2.45) is 23.7 Å². The van der Waals surface area contributed by atoms with Crippen molar-refractivity contribution in [2.45, 2.75) is 19.4 Å². The van der Waals surface area contributed by atoms with Crippen LogP contribution in [0.3, 0.4) is 0 Å². The Kier molecular flexibility index (Phi) is 1.85. The predicted octanol–water partition coefficient (Wildman–Crippen LogP) is 0.508. The van der Waals surface area contributed by atoms with Crippen molar-refractivity contribution in [3.05, 3.63) is 12.2 Å². The van der Waals surface area contributed by atoms with Crippen molar-refractivity contribution >= 4 is 17.5 Å². The average molecular weight is 220 g/mol. The van der Waals surface area contributed by atoms with E-state index in [1.54, 1.807) is 0 Å². The minimum atomic E-state index is -1.17. The first-order chi connectivity index (χ1) is 7.59. The van der Waals surface area contributed by atoms with E-state index in [2.05, 4.69) is 0 Å². The van der Waals surface area contributed by atoms with E-state index < -0.39 is 17.7 Å². The third-order valence-electron chi connectivity index (χ3n) is 3.89. The number of allylic oxidation sites excluding steroid dienone is 1. The number of hydrogen-bond donors (Lipinski definition) is 0. The lowest BCUT2D eigenvalue weighted by Gasteiger charge is -2.33. The monoisotopic (exact) mass is 220 g/mol. The van der Waals surface area contributed by atoms with Gasteiger partial charge in [-0.25, -0.2) is 0 Å². The molecule has 0 N–H and O–H groups in total. The fourth-order valence-electron chi connectivity index (χ4n) is 3.19. The Hall–Kier alpha value is -1.45. The normalized spacial score (nSPS) is 44.4. The van der Waals surface area contributed by atoms with Gasteiger partial charge in [-0.15, -0.1) is 0 Å². The van der Waals surface area contributed by atoms with E-state index in [1.807, 2.05) is 12.2 Å². The van der Waals surface area contributed by atoms with Crippen LogP contribution in [0.4, 0.5) is 0 Å². The highest BCUT2D eigenvalue weighted by atomic mass is 16.5. The second kappa shape index (κ2) is 3.03. The molecule has 1 saturated heterocycles. The Bertz CT molecular complexity index is 423. The summed E-state index contributed by atoms with van der Waals surface area (Å²) in [6.07, 6.45) is 4.59. The summed E-state index contributed by atoms with van der Waals surface area (Å²) in [5.74, 6) is -2.39.